The lowest BCUT2D eigenvalue weighted by molar-refractivity contribution is -0.141. The van der Waals surface area contributed by atoms with E-state index >= 15 is 0 Å². The summed E-state index contributed by atoms with van der Waals surface area (Å²) in [5.74, 6) is 0.314. The van der Waals surface area contributed by atoms with Gasteiger partial charge in [0.15, 0.2) is 11.5 Å². The molecule has 36 heavy (non-hydrogen) atoms. The van der Waals surface area contributed by atoms with Crippen LogP contribution in [0.25, 0.3) is 0 Å². The number of hydrogen-bond donors (Lipinski definition) is 2. The van der Waals surface area contributed by atoms with E-state index in [1.807, 2.05) is 0 Å². The van der Waals surface area contributed by atoms with Crippen molar-refractivity contribution in [1.82, 2.24) is 35.4 Å². The maximum Gasteiger partial charge on any atom is 0.435 e. The summed E-state index contributed by atoms with van der Waals surface area (Å²) in [4.78, 5) is 13.3. The first-order valence-corrected chi connectivity index (χ1v) is 10.5. The van der Waals surface area contributed by atoms with Gasteiger partial charge in [-0.25, -0.2) is 9.78 Å². The van der Waals surface area contributed by atoms with Gasteiger partial charge in [-0.15, -0.1) is 15.3 Å². The lowest BCUT2D eigenvalue weighted by atomic mass is 10.1. The number of nitrogens with one attached hydrogen (secondary N) is 2. The van der Waals surface area contributed by atoms with Crippen LogP contribution in [0.1, 0.15) is 29.9 Å². The monoisotopic (exact) mass is 519 g/mol. The van der Waals surface area contributed by atoms with Crippen molar-refractivity contribution in [3.8, 4) is 0 Å². The van der Waals surface area contributed by atoms with Crippen LogP contribution in [0.5, 0.6) is 0 Å². The molecule has 1 fully saturated rings. The van der Waals surface area contributed by atoms with Crippen LogP contribution in [0.2, 0.25) is 0 Å². The number of halogens is 6. The van der Waals surface area contributed by atoms with Crippen LogP contribution in [0.3, 0.4) is 0 Å². The normalized spacial score (nSPS) is 15.6. The van der Waals surface area contributed by atoms with E-state index < -0.39 is 40.9 Å². The molecule has 0 aromatic carbocycles. The summed E-state index contributed by atoms with van der Waals surface area (Å²) in [6.45, 7) is 2.49. The summed E-state index contributed by atoms with van der Waals surface area (Å²) < 4.78 is 84.3. The molecule has 1 aliphatic heterocycles. The molecule has 0 radical (unpaired) electrons. The van der Waals surface area contributed by atoms with Gasteiger partial charge < -0.3 is 15.0 Å². The third-order valence-electron chi connectivity index (χ3n) is 5.22. The fourth-order valence-corrected chi connectivity index (χ4v) is 3.45. The van der Waals surface area contributed by atoms with Gasteiger partial charge in [-0.3, -0.25) is 4.79 Å². The summed E-state index contributed by atoms with van der Waals surface area (Å²) in [5.41, 5.74) is -3.77. The van der Waals surface area contributed by atoms with E-state index in [1.54, 1.807) is 27.8 Å². The quantitative estimate of drug-likeness (QED) is 0.431. The predicted molar refractivity (Wildman–Crippen MR) is 111 cm³/mol. The van der Waals surface area contributed by atoms with Crippen LogP contribution in [-0.4, -0.2) is 61.1 Å². The lowest BCUT2D eigenvalue weighted by Crippen LogP contribution is -2.48. The number of ether oxygens (including phenoxy) is 1. The molecule has 3 aromatic rings. The number of aromatic amines is 1. The first-order chi connectivity index (χ1) is 16.9. The van der Waals surface area contributed by atoms with Gasteiger partial charge in [0.25, 0.3) is 5.56 Å². The number of alkyl halides is 6. The van der Waals surface area contributed by atoms with Gasteiger partial charge in [-0.2, -0.15) is 31.4 Å². The van der Waals surface area contributed by atoms with E-state index in [4.69, 9.17) is 4.74 Å². The largest absolute Gasteiger partial charge is 0.435 e. The molecule has 17 heteroatoms. The van der Waals surface area contributed by atoms with Crippen molar-refractivity contribution in [3.63, 3.8) is 0 Å². The van der Waals surface area contributed by atoms with Crippen LogP contribution < -0.4 is 15.8 Å². The first kappa shape index (κ1) is 25.3. The summed E-state index contributed by atoms with van der Waals surface area (Å²) in [5, 5.41) is 22.5. The van der Waals surface area contributed by atoms with E-state index in [-0.39, 0.29) is 19.3 Å². The molecule has 11 nitrogen and oxygen atoms in total. The highest BCUT2D eigenvalue weighted by atomic mass is 19.4. The molecular formula is C19H19F6N9O2. The Bertz CT molecular complexity index is 1240. The van der Waals surface area contributed by atoms with Gasteiger partial charge in [0.05, 0.1) is 37.3 Å². The Morgan fingerprint density at radius 2 is 1.89 bits per heavy atom. The van der Waals surface area contributed by atoms with Crippen molar-refractivity contribution < 1.29 is 31.1 Å². The van der Waals surface area contributed by atoms with Crippen LogP contribution >= 0.6 is 0 Å². The lowest BCUT2D eigenvalue weighted by Gasteiger charge is -2.39. The molecular weight excluding hydrogens is 500 g/mol. The Kier molecular flexibility index (Phi) is 6.83. The number of H-pyrrole nitrogens is 1. The molecule has 1 atom stereocenters. The second kappa shape index (κ2) is 9.71. The van der Waals surface area contributed by atoms with Gasteiger partial charge in [0, 0.05) is 19.1 Å². The van der Waals surface area contributed by atoms with Gasteiger partial charge in [0.1, 0.15) is 11.3 Å². The zero-order valence-electron chi connectivity index (χ0n) is 18.5. The molecule has 4 heterocycles. The van der Waals surface area contributed by atoms with E-state index in [0.717, 1.165) is 12.3 Å². The molecule has 1 unspecified atom stereocenters. The number of rotatable bonds is 8. The fourth-order valence-electron chi connectivity index (χ4n) is 3.45. The zero-order valence-corrected chi connectivity index (χ0v) is 18.5. The molecule has 4 rings (SSSR count). The zero-order chi connectivity index (χ0) is 26.1. The SMILES string of the molecule is CC(COCc1cn(C2CN(c3ccc(C(F)(F)F)nn3)C2)nn1)Nc1cn[nH]c(=O)c1C(F)(F)F. The van der Waals surface area contributed by atoms with Crippen LogP contribution in [-0.2, 0) is 23.7 Å². The average molecular weight is 519 g/mol. The van der Waals surface area contributed by atoms with Crippen molar-refractivity contribution in [2.75, 3.05) is 29.9 Å². The van der Waals surface area contributed by atoms with E-state index in [1.165, 1.54) is 6.07 Å². The number of anilines is 2. The van der Waals surface area contributed by atoms with Gasteiger partial charge in [0.2, 0.25) is 0 Å². The molecule has 3 aromatic heterocycles. The second-order valence-electron chi connectivity index (χ2n) is 8.07. The molecule has 1 saturated heterocycles. The molecule has 0 amide bonds. The van der Waals surface area contributed by atoms with E-state index in [2.05, 4.69) is 30.9 Å². The summed E-state index contributed by atoms with van der Waals surface area (Å²) in [6.07, 6.45) is -6.89. The fraction of sp³-hybridized carbons (Fsp3) is 0.474. The van der Waals surface area contributed by atoms with Gasteiger partial charge in [-0.05, 0) is 19.1 Å². The Balaban J connectivity index is 1.24. The highest BCUT2D eigenvalue weighted by Crippen LogP contribution is 2.32. The standard InChI is InChI=1S/C19H19F6N9O2/c1-10(27-13-4-26-31-17(35)16(13)19(23,24)25)8-36-9-11-5-34(32-28-11)12-6-33(7-12)15-3-2-14(29-30-15)18(20,21)22/h2-5,10,12H,6-9H2,1H3,(H2,27,31,35). The minimum Gasteiger partial charge on any atom is -0.378 e. The van der Waals surface area contributed by atoms with E-state index in [0.29, 0.717) is 24.6 Å². The van der Waals surface area contributed by atoms with Gasteiger partial charge >= 0.3 is 12.4 Å². The number of nitrogens with zero attached hydrogens (tertiary/aromatic N) is 7. The van der Waals surface area contributed by atoms with Crippen LogP contribution in [0, 0.1) is 0 Å². The van der Waals surface area contributed by atoms with Gasteiger partial charge in [-0.1, -0.05) is 5.21 Å². The van der Waals surface area contributed by atoms with Crippen LogP contribution in [0.4, 0.5) is 37.8 Å². The molecule has 0 aliphatic carbocycles. The number of hydrogen-bond acceptors (Lipinski definition) is 9. The highest BCUT2D eigenvalue weighted by Gasteiger charge is 2.38. The molecule has 0 spiro atoms. The smallest absolute Gasteiger partial charge is 0.378 e. The maximum absolute atomic E-state index is 13.1. The van der Waals surface area contributed by atoms with Crippen molar-refractivity contribution >= 4 is 11.5 Å². The second-order valence-corrected chi connectivity index (χ2v) is 8.07. The molecule has 0 saturated carbocycles. The average Bonchev–Trinajstić information content (AvgIpc) is 3.20. The topological polar surface area (TPSA) is 127 Å². The third-order valence-corrected chi connectivity index (χ3v) is 5.22. The Labute approximate surface area is 198 Å². The summed E-state index contributed by atoms with van der Waals surface area (Å²) in [6, 6.07) is 1.45. The van der Waals surface area contributed by atoms with E-state index in [9.17, 15) is 31.1 Å². The van der Waals surface area contributed by atoms with Crippen LogP contribution in [0.15, 0.2) is 29.3 Å². The Morgan fingerprint density at radius 1 is 1.14 bits per heavy atom. The summed E-state index contributed by atoms with van der Waals surface area (Å²) in [7, 11) is 0. The minimum atomic E-state index is -4.85. The van der Waals surface area contributed by atoms with Crippen molar-refractivity contribution in [2.24, 2.45) is 0 Å². The Hall–Kier alpha value is -3.76. The summed E-state index contributed by atoms with van der Waals surface area (Å²) >= 11 is 0. The number of aromatic nitrogens is 7. The molecule has 2 N–H and O–H groups in total. The third kappa shape index (κ3) is 5.72. The highest BCUT2D eigenvalue weighted by molar-refractivity contribution is 5.50. The molecule has 194 valence electrons. The van der Waals surface area contributed by atoms with Crippen molar-refractivity contribution in [3.05, 3.63) is 51.8 Å². The molecule has 0 bridgehead atoms. The van der Waals surface area contributed by atoms with Crippen molar-refractivity contribution in [1.29, 1.82) is 0 Å². The van der Waals surface area contributed by atoms with Crippen molar-refractivity contribution in [2.45, 2.75) is 38.0 Å². The Morgan fingerprint density at radius 3 is 2.53 bits per heavy atom. The maximum atomic E-state index is 13.1. The molecule has 1 aliphatic rings. The predicted octanol–water partition coefficient (Wildman–Crippen LogP) is 2.27. The first-order valence-electron chi connectivity index (χ1n) is 10.5. The minimum absolute atomic E-state index is 0.000747.